The number of carbonyl (C=O) groups is 3. The Morgan fingerprint density at radius 2 is 1.77 bits per heavy atom. The van der Waals surface area contributed by atoms with Crippen LogP contribution in [-0.2, 0) is 9.59 Å². The molecule has 4 fully saturated rings. The van der Waals surface area contributed by atoms with Crippen molar-refractivity contribution < 1.29 is 14.4 Å². The van der Waals surface area contributed by atoms with Crippen molar-refractivity contribution in [2.45, 2.75) is 70.3 Å². The van der Waals surface area contributed by atoms with E-state index in [0.29, 0.717) is 24.7 Å². The minimum Gasteiger partial charge on any atom is -0.341 e. The van der Waals surface area contributed by atoms with Crippen LogP contribution in [0.5, 0.6) is 0 Å². The molecule has 0 aromatic carbocycles. The van der Waals surface area contributed by atoms with Crippen LogP contribution in [0.1, 0.15) is 64.7 Å². The molecule has 0 aromatic rings. The van der Waals surface area contributed by atoms with Crippen molar-refractivity contribution in [3.63, 3.8) is 0 Å². The molecule has 2 saturated carbocycles. The van der Waals surface area contributed by atoms with E-state index in [1.807, 2.05) is 4.90 Å². The highest BCUT2D eigenvalue weighted by atomic mass is 16.2. The molecule has 0 unspecified atom stereocenters. The molecule has 0 aromatic heterocycles. The molecule has 1 N–H and O–H groups in total. The summed E-state index contributed by atoms with van der Waals surface area (Å²) >= 11 is 0. The molecular weight excluding hydrogens is 330 g/mol. The van der Waals surface area contributed by atoms with Gasteiger partial charge in [-0.15, -0.1) is 0 Å². The Kier molecular flexibility index (Phi) is 4.70. The number of urea groups is 1. The van der Waals surface area contributed by atoms with Crippen LogP contribution in [0.4, 0.5) is 4.79 Å². The molecule has 4 aliphatic rings. The Balaban J connectivity index is 1.38. The maximum atomic E-state index is 12.9. The van der Waals surface area contributed by atoms with Crippen LogP contribution in [0, 0.1) is 17.8 Å². The van der Waals surface area contributed by atoms with Gasteiger partial charge in [-0.05, 0) is 56.3 Å². The van der Waals surface area contributed by atoms with Crippen molar-refractivity contribution in [1.82, 2.24) is 15.1 Å². The summed E-state index contributed by atoms with van der Waals surface area (Å²) in [5.74, 6) is 1.71. The molecule has 6 heteroatoms. The number of hydrogen-bond acceptors (Lipinski definition) is 3. The van der Waals surface area contributed by atoms with E-state index in [9.17, 15) is 14.4 Å². The predicted molar refractivity (Wildman–Crippen MR) is 97.3 cm³/mol. The average Bonchev–Trinajstić information content (AvgIpc) is 2.88. The van der Waals surface area contributed by atoms with Crippen LogP contribution in [0.2, 0.25) is 0 Å². The maximum Gasteiger partial charge on any atom is 0.325 e. The van der Waals surface area contributed by atoms with Gasteiger partial charge in [0.1, 0.15) is 12.1 Å². The van der Waals surface area contributed by atoms with Gasteiger partial charge in [-0.25, -0.2) is 4.79 Å². The number of nitrogens with one attached hydrogen (secondary N) is 1. The molecule has 144 valence electrons. The monoisotopic (exact) mass is 361 g/mol. The Labute approximate surface area is 155 Å². The van der Waals surface area contributed by atoms with Crippen molar-refractivity contribution in [3.8, 4) is 0 Å². The number of amides is 4. The molecule has 2 saturated heterocycles. The van der Waals surface area contributed by atoms with Crippen LogP contribution in [-0.4, -0.2) is 52.8 Å². The molecule has 4 amide bonds. The van der Waals surface area contributed by atoms with Crippen LogP contribution in [0.15, 0.2) is 0 Å². The van der Waals surface area contributed by atoms with Crippen LogP contribution >= 0.6 is 0 Å². The largest absolute Gasteiger partial charge is 0.341 e. The molecule has 2 atom stereocenters. The standard InChI is InChI=1S/C20H31N3O3/c1-14-6-9-20(10-7-14)18(25)23(19(26)21-20)13-17(24)22-11-8-15-4-2-3-5-16(15)12-22/h14-16H,2-13H2,1H3,(H,21,26)/t14?,15-,16+,20?/m0/s1. The number of hydrogen-bond donors (Lipinski definition) is 1. The lowest BCUT2D eigenvalue weighted by Gasteiger charge is -2.41. The first-order chi connectivity index (χ1) is 12.5. The highest BCUT2D eigenvalue weighted by Gasteiger charge is 2.52. The number of fused-ring (bicyclic) bond motifs is 1. The van der Waals surface area contributed by atoms with E-state index in [1.54, 1.807) is 0 Å². The second-order valence-electron chi connectivity index (χ2n) is 9.02. The van der Waals surface area contributed by atoms with E-state index in [0.717, 1.165) is 38.3 Å². The number of piperidine rings is 1. The second-order valence-corrected chi connectivity index (χ2v) is 9.02. The van der Waals surface area contributed by atoms with Gasteiger partial charge in [0.15, 0.2) is 0 Å². The summed E-state index contributed by atoms with van der Waals surface area (Å²) in [6, 6.07) is -0.384. The van der Waals surface area contributed by atoms with Gasteiger partial charge in [-0.1, -0.05) is 26.2 Å². The van der Waals surface area contributed by atoms with Gasteiger partial charge in [0.25, 0.3) is 5.91 Å². The van der Waals surface area contributed by atoms with Crippen molar-refractivity contribution in [3.05, 3.63) is 0 Å². The van der Waals surface area contributed by atoms with Gasteiger partial charge in [-0.2, -0.15) is 0 Å². The van der Waals surface area contributed by atoms with Crippen molar-refractivity contribution in [2.24, 2.45) is 17.8 Å². The fourth-order valence-corrected chi connectivity index (χ4v) is 5.48. The number of imide groups is 1. The number of carbonyl (C=O) groups excluding carboxylic acids is 3. The molecule has 26 heavy (non-hydrogen) atoms. The molecule has 0 bridgehead atoms. The van der Waals surface area contributed by atoms with Crippen LogP contribution in [0.25, 0.3) is 0 Å². The summed E-state index contributed by atoms with van der Waals surface area (Å²) in [5.41, 5.74) is -0.750. The van der Waals surface area contributed by atoms with E-state index in [4.69, 9.17) is 0 Å². The van der Waals surface area contributed by atoms with Gasteiger partial charge in [-0.3, -0.25) is 14.5 Å². The quantitative estimate of drug-likeness (QED) is 0.769. The van der Waals surface area contributed by atoms with E-state index in [2.05, 4.69) is 12.2 Å². The first-order valence-electron chi connectivity index (χ1n) is 10.4. The molecule has 2 aliphatic carbocycles. The molecule has 4 rings (SSSR count). The van der Waals surface area contributed by atoms with E-state index >= 15 is 0 Å². The smallest absolute Gasteiger partial charge is 0.325 e. The van der Waals surface area contributed by atoms with Gasteiger partial charge in [0.2, 0.25) is 5.91 Å². The summed E-state index contributed by atoms with van der Waals surface area (Å²) < 4.78 is 0. The molecule has 2 aliphatic heterocycles. The molecule has 0 radical (unpaired) electrons. The van der Waals surface area contributed by atoms with Crippen molar-refractivity contribution in [2.75, 3.05) is 19.6 Å². The topological polar surface area (TPSA) is 69.7 Å². The molecule has 6 nitrogen and oxygen atoms in total. The summed E-state index contributed by atoms with van der Waals surface area (Å²) in [4.78, 5) is 41.2. The average molecular weight is 361 g/mol. The SMILES string of the molecule is CC1CCC2(CC1)NC(=O)N(CC(=O)N1CC[C@@H]3CCCC[C@@H]3C1)C2=O. The minimum absolute atomic E-state index is 0.0706. The number of nitrogens with zero attached hydrogens (tertiary/aromatic N) is 2. The Morgan fingerprint density at radius 1 is 1.08 bits per heavy atom. The van der Waals surface area contributed by atoms with Gasteiger partial charge in [0.05, 0.1) is 0 Å². The van der Waals surface area contributed by atoms with Gasteiger partial charge in [0, 0.05) is 13.1 Å². The maximum absolute atomic E-state index is 12.9. The summed E-state index contributed by atoms with van der Waals surface area (Å²) in [6.07, 6.45) is 9.42. The van der Waals surface area contributed by atoms with Crippen LogP contribution < -0.4 is 5.32 Å². The third-order valence-corrected chi connectivity index (χ3v) is 7.31. The summed E-state index contributed by atoms with van der Waals surface area (Å²) in [6.45, 7) is 3.66. The van der Waals surface area contributed by atoms with Crippen LogP contribution in [0.3, 0.4) is 0 Å². The lowest BCUT2D eigenvalue weighted by Crippen LogP contribution is -2.51. The molecule has 2 heterocycles. The van der Waals surface area contributed by atoms with E-state index in [1.165, 1.54) is 30.6 Å². The fourth-order valence-electron chi connectivity index (χ4n) is 5.48. The predicted octanol–water partition coefficient (Wildman–Crippen LogP) is 2.53. The zero-order valence-electron chi connectivity index (χ0n) is 15.8. The first kappa shape index (κ1) is 17.8. The number of likely N-dealkylation sites (tertiary alicyclic amines) is 1. The van der Waals surface area contributed by atoms with E-state index in [-0.39, 0.29) is 24.4 Å². The molecule has 1 spiro atoms. The molecular formula is C20H31N3O3. The fraction of sp³-hybridized carbons (Fsp3) is 0.850. The normalized spacial score (nSPS) is 37.7. The van der Waals surface area contributed by atoms with E-state index < -0.39 is 5.54 Å². The van der Waals surface area contributed by atoms with Gasteiger partial charge >= 0.3 is 6.03 Å². The summed E-state index contributed by atoms with van der Waals surface area (Å²) in [5, 5.41) is 2.91. The Morgan fingerprint density at radius 3 is 2.50 bits per heavy atom. The lowest BCUT2D eigenvalue weighted by atomic mass is 9.75. The minimum atomic E-state index is -0.750. The summed E-state index contributed by atoms with van der Waals surface area (Å²) in [7, 11) is 0. The zero-order valence-corrected chi connectivity index (χ0v) is 15.8. The van der Waals surface area contributed by atoms with Crippen molar-refractivity contribution >= 4 is 17.8 Å². The van der Waals surface area contributed by atoms with Gasteiger partial charge < -0.3 is 10.2 Å². The Bertz CT molecular complexity index is 597. The highest BCUT2D eigenvalue weighted by Crippen LogP contribution is 2.37. The highest BCUT2D eigenvalue weighted by molar-refractivity contribution is 6.09. The number of rotatable bonds is 2. The third kappa shape index (κ3) is 3.12. The first-order valence-corrected chi connectivity index (χ1v) is 10.4. The second kappa shape index (κ2) is 6.86. The lowest BCUT2D eigenvalue weighted by molar-refractivity contribution is -0.141. The third-order valence-electron chi connectivity index (χ3n) is 7.31. The Hall–Kier alpha value is -1.59. The van der Waals surface area contributed by atoms with Crippen molar-refractivity contribution in [1.29, 1.82) is 0 Å². The zero-order chi connectivity index (χ0) is 18.3.